The molecule has 2 saturated heterocycles. The van der Waals surface area contributed by atoms with Crippen molar-refractivity contribution in [3.05, 3.63) is 48.6 Å². The summed E-state index contributed by atoms with van der Waals surface area (Å²) >= 11 is 0. The van der Waals surface area contributed by atoms with Crippen molar-refractivity contribution in [3.63, 3.8) is 0 Å². The molecule has 12 atom stereocenters. The SMILES string of the molecule is CCCCCCCCCC/C=C\CCCCCCCCCCCCCC(=O)NC(COC1OC(CO)C(OC2OC(CO)C(O)C(O)C2O)C(O)C1O)C(O)/C=C/CC/C=C/CC/C=C/CCCCCCCCCCCCC. The Morgan fingerprint density at radius 1 is 0.449 bits per heavy atom. The van der Waals surface area contributed by atoms with Crippen LogP contribution in [0.1, 0.15) is 258 Å². The molecule has 0 radical (unpaired) electrons. The second-order valence-electron chi connectivity index (χ2n) is 22.5. The molecule has 14 heteroatoms. The Morgan fingerprint density at radius 2 is 0.821 bits per heavy atom. The van der Waals surface area contributed by atoms with E-state index in [1.54, 1.807) is 6.08 Å². The first-order valence-electron chi connectivity index (χ1n) is 31.9. The van der Waals surface area contributed by atoms with E-state index < -0.39 is 86.8 Å². The third kappa shape index (κ3) is 34.4. The van der Waals surface area contributed by atoms with Crippen LogP contribution in [-0.2, 0) is 23.7 Å². The van der Waals surface area contributed by atoms with Crippen molar-refractivity contribution in [2.75, 3.05) is 19.8 Å². The fourth-order valence-corrected chi connectivity index (χ4v) is 10.3. The van der Waals surface area contributed by atoms with Crippen molar-refractivity contribution in [1.82, 2.24) is 5.32 Å². The fourth-order valence-electron chi connectivity index (χ4n) is 10.3. The molecule has 2 heterocycles. The minimum absolute atomic E-state index is 0.253. The summed E-state index contributed by atoms with van der Waals surface area (Å²) in [6, 6.07) is -0.939. The standard InChI is InChI=1S/C64H117NO13/c1-3-5-7-9-11-13-15-17-19-21-23-25-26-28-30-32-34-36-38-40-42-44-46-48-56(69)65-52(53(68)47-45-43-41-39-37-35-33-31-29-27-24-22-20-18-16-14-12-10-8-6-4-2)51-75-63-61(74)59(72)62(55(50-67)77-63)78-64-60(73)58(71)57(70)54(49-66)76-64/h21,23,29,31,37,39,45,47,52-55,57-64,66-68,70-74H,3-20,22,24-28,30,32-36,38,40-44,46,48-51H2,1-2H3,(H,65,69)/b23-21-,31-29+,39-37+,47-45+. The van der Waals surface area contributed by atoms with Gasteiger partial charge in [-0.25, -0.2) is 0 Å². The molecule has 0 aromatic carbocycles. The van der Waals surface area contributed by atoms with E-state index in [0.29, 0.717) is 12.8 Å². The number of aliphatic hydroxyl groups is 8. The van der Waals surface area contributed by atoms with Crippen molar-refractivity contribution in [2.24, 2.45) is 0 Å². The van der Waals surface area contributed by atoms with Crippen molar-refractivity contribution in [1.29, 1.82) is 0 Å². The lowest BCUT2D eigenvalue weighted by atomic mass is 9.97. The molecule has 0 aromatic heterocycles. The molecule has 0 aliphatic carbocycles. The molecule has 12 unspecified atom stereocenters. The van der Waals surface area contributed by atoms with Crippen LogP contribution < -0.4 is 5.32 Å². The van der Waals surface area contributed by atoms with E-state index in [1.165, 1.54) is 180 Å². The van der Waals surface area contributed by atoms with Crippen LogP contribution >= 0.6 is 0 Å². The summed E-state index contributed by atoms with van der Waals surface area (Å²) < 4.78 is 22.8. The molecule has 9 N–H and O–H groups in total. The normalized spacial score (nSPS) is 24.8. The topological polar surface area (TPSA) is 228 Å². The lowest BCUT2D eigenvalue weighted by Gasteiger charge is -2.46. The van der Waals surface area contributed by atoms with Crippen molar-refractivity contribution in [3.8, 4) is 0 Å². The molecule has 0 spiro atoms. The number of carbonyl (C=O) groups is 1. The van der Waals surface area contributed by atoms with Crippen molar-refractivity contribution >= 4 is 5.91 Å². The Labute approximate surface area is 473 Å². The lowest BCUT2D eigenvalue weighted by molar-refractivity contribution is -0.359. The van der Waals surface area contributed by atoms with E-state index in [4.69, 9.17) is 18.9 Å². The quantitative estimate of drug-likeness (QED) is 0.0204. The number of hydrogen-bond acceptors (Lipinski definition) is 13. The molecule has 0 saturated carbocycles. The first-order valence-corrected chi connectivity index (χ1v) is 31.9. The molecule has 2 aliphatic heterocycles. The Morgan fingerprint density at radius 3 is 1.26 bits per heavy atom. The number of aliphatic hydroxyl groups excluding tert-OH is 8. The molecular weight excluding hydrogens is 991 g/mol. The van der Waals surface area contributed by atoms with Gasteiger partial charge in [-0.3, -0.25) is 4.79 Å². The number of amides is 1. The first kappa shape index (κ1) is 72.1. The third-order valence-corrected chi connectivity index (χ3v) is 15.5. The predicted molar refractivity (Wildman–Crippen MR) is 314 cm³/mol. The molecule has 0 aromatic rings. The molecule has 2 fully saturated rings. The zero-order valence-corrected chi connectivity index (χ0v) is 49.2. The van der Waals surface area contributed by atoms with Crippen LogP contribution in [0.5, 0.6) is 0 Å². The summed E-state index contributed by atoms with van der Waals surface area (Å²) in [7, 11) is 0. The molecule has 78 heavy (non-hydrogen) atoms. The second-order valence-corrected chi connectivity index (χ2v) is 22.5. The smallest absolute Gasteiger partial charge is 0.220 e. The molecule has 2 aliphatic rings. The van der Waals surface area contributed by atoms with Gasteiger partial charge in [0, 0.05) is 6.42 Å². The minimum atomic E-state index is -1.79. The number of carbonyl (C=O) groups excluding carboxylic acids is 1. The van der Waals surface area contributed by atoms with Gasteiger partial charge in [-0.1, -0.05) is 229 Å². The van der Waals surface area contributed by atoms with E-state index >= 15 is 0 Å². The van der Waals surface area contributed by atoms with Crippen LogP contribution in [0, 0.1) is 0 Å². The van der Waals surface area contributed by atoms with Gasteiger partial charge in [0.25, 0.3) is 0 Å². The maximum atomic E-state index is 13.3. The Hall–Kier alpha value is -2.05. The van der Waals surface area contributed by atoms with Crippen LogP contribution in [0.3, 0.4) is 0 Å². The van der Waals surface area contributed by atoms with Gasteiger partial charge in [0.1, 0.15) is 48.8 Å². The van der Waals surface area contributed by atoms with Crippen molar-refractivity contribution in [2.45, 2.75) is 331 Å². The molecule has 2 rings (SSSR count). The van der Waals surface area contributed by atoms with Gasteiger partial charge in [-0.15, -0.1) is 0 Å². The van der Waals surface area contributed by atoms with Crippen molar-refractivity contribution < 1.29 is 64.6 Å². The van der Waals surface area contributed by atoms with E-state index in [-0.39, 0.29) is 18.9 Å². The molecule has 14 nitrogen and oxygen atoms in total. The van der Waals surface area contributed by atoms with Crippen LogP contribution in [-0.4, -0.2) is 140 Å². The largest absolute Gasteiger partial charge is 0.394 e. The van der Waals surface area contributed by atoms with Gasteiger partial charge >= 0.3 is 0 Å². The number of hydrogen-bond donors (Lipinski definition) is 9. The maximum Gasteiger partial charge on any atom is 0.220 e. The fraction of sp³-hybridized carbons (Fsp3) is 0.859. The maximum absolute atomic E-state index is 13.3. The van der Waals surface area contributed by atoms with Crippen LogP contribution in [0.25, 0.3) is 0 Å². The molecule has 456 valence electrons. The monoisotopic (exact) mass is 1110 g/mol. The highest BCUT2D eigenvalue weighted by Gasteiger charge is 2.51. The van der Waals surface area contributed by atoms with Crippen LogP contribution in [0.4, 0.5) is 0 Å². The van der Waals surface area contributed by atoms with Crippen LogP contribution in [0.2, 0.25) is 0 Å². The number of allylic oxidation sites excluding steroid dienone is 7. The first-order chi connectivity index (χ1) is 38.1. The Balaban J connectivity index is 1.76. The minimum Gasteiger partial charge on any atom is -0.394 e. The zero-order chi connectivity index (χ0) is 56.7. The summed E-state index contributed by atoms with van der Waals surface area (Å²) in [5.74, 6) is -0.253. The number of unbranched alkanes of at least 4 members (excludes halogenated alkanes) is 32. The van der Waals surface area contributed by atoms with Gasteiger partial charge in [-0.05, 0) is 70.6 Å². The van der Waals surface area contributed by atoms with Gasteiger partial charge in [0.15, 0.2) is 12.6 Å². The summed E-state index contributed by atoms with van der Waals surface area (Å²) in [6.45, 7) is 2.79. The summed E-state index contributed by atoms with van der Waals surface area (Å²) in [4.78, 5) is 13.3. The Bertz CT molecular complexity index is 1490. The summed E-state index contributed by atoms with van der Waals surface area (Å²) in [6.07, 6.45) is 45.8. The Kier molecular flexibility index (Phi) is 45.8. The highest BCUT2D eigenvalue weighted by Crippen LogP contribution is 2.30. The lowest BCUT2D eigenvalue weighted by Crippen LogP contribution is -2.65. The number of rotatable bonds is 51. The average Bonchev–Trinajstić information content (AvgIpc) is 3.48. The molecule has 0 bridgehead atoms. The summed E-state index contributed by atoms with van der Waals surface area (Å²) in [5, 5.41) is 87.2. The third-order valence-electron chi connectivity index (χ3n) is 15.5. The predicted octanol–water partition coefficient (Wildman–Crippen LogP) is 11.6. The van der Waals surface area contributed by atoms with Gasteiger partial charge in [0.2, 0.25) is 5.91 Å². The number of ether oxygens (including phenoxy) is 4. The van der Waals surface area contributed by atoms with E-state index in [9.17, 15) is 45.6 Å². The van der Waals surface area contributed by atoms with Gasteiger partial charge in [0.05, 0.1) is 32.0 Å². The zero-order valence-electron chi connectivity index (χ0n) is 49.2. The van der Waals surface area contributed by atoms with Gasteiger partial charge < -0.3 is 65.1 Å². The van der Waals surface area contributed by atoms with Crippen LogP contribution in [0.15, 0.2) is 48.6 Å². The van der Waals surface area contributed by atoms with E-state index in [1.807, 2.05) is 6.08 Å². The highest BCUT2D eigenvalue weighted by molar-refractivity contribution is 5.76. The molecule has 1 amide bonds. The van der Waals surface area contributed by atoms with Gasteiger partial charge in [-0.2, -0.15) is 0 Å². The highest BCUT2D eigenvalue weighted by atomic mass is 16.7. The average molecular weight is 1110 g/mol. The summed E-state index contributed by atoms with van der Waals surface area (Å²) in [5.41, 5.74) is 0. The number of nitrogens with one attached hydrogen (secondary N) is 1. The second kappa shape index (κ2) is 49.5. The van der Waals surface area contributed by atoms with E-state index in [0.717, 1.165) is 44.9 Å². The van der Waals surface area contributed by atoms with E-state index in [2.05, 4.69) is 55.6 Å². The molecular formula is C64H117NO13.